The van der Waals surface area contributed by atoms with Gasteiger partial charge in [-0.2, -0.15) is 0 Å². The van der Waals surface area contributed by atoms with Crippen LogP contribution in [0.15, 0.2) is 53.5 Å². The summed E-state index contributed by atoms with van der Waals surface area (Å²) in [5.74, 6) is 1.80. The lowest BCUT2D eigenvalue weighted by Crippen LogP contribution is -2.30. The average Bonchev–Trinajstić information content (AvgIpc) is 2.55. The van der Waals surface area contributed by atoms with Crippen LogP contribution in [0.5, 0.6) is 5.75 Å². The molecule has 0 unspecified atom stereocenters. The van der Waals surface area contributed by atoms with Crippen LogP contribution in [0.1, 0.15) is 17.5 Å². The molecular formula is C17H17ClN2O. The summed E-state index contributed by atoms with van der Waals surface area (Å²) in [4.78, 5) is 4.52. The number of amidine groups is 1. The Morgan fingerprint density at radius 1 is 1.14 bits per heavy atom. The smallest absolute Gasteiger partial charge is 0.128 e. The number of benzene rings is 2. The molecular weight excluding hydrogens is 284 g/mol. The molecule has 0 aromatic heterocycles. The molecule has 0 radical (unpaired) electrons. The molecule has 1 aliphatic heterocycles. The van der Waals surface area contributed by atoms with E-state index in [1.165, 1.54) is 0 Å². The van der Waals surface area contributed by atoms with Gasteiger partial charge in [-0.25, -0.2) is 0 Å². The van der Waals surface area contributed by atoms with E-state index in [0.29, 0.717) is 11.6 Å². The number of hydrogen-bond acceptors (Lipinski definition) is 3. The molecule has 2 aromatic carbocycles. The van der Waals surface area contributed by atoms with Gasteiger partial charge < -0.3 is 10.1 Å². The van der Waals surface area contributed by atoms with Gasteiger partial charge in [-0.15, -0.1) is 0 Å². The summed E-state index contributed by atoms with van der Waals surface area (Å²) in [6.07, 6.45) is 1.10. The minimum atomic E-state index is 0.531. The van der Waals surface area contributed by atoms with E-state index in [4.69, 9.17) is 16.3 Å². The van der Waals surface area contributed by atoms with Crippen LogP contribution in [-0.4, -0.2) is 18.9 Å². The summed E-state index contributed by atoms with van der Waals surface area (Å²) in [7, 11) is 0. The third-order valence-electron chi connectivity index (χ3n) is 3.32. The molecule has 0 amide bonds. The first-order valence-corrected chi connectivity index (χ1v) is 7.45. The number of rotatable bonds is 4. The minimum Gasteiger partial charge on any atom is -0.489 e. The Morgan fingerprint density at radius 2 is 2.00 bits per heavy atom. The second kappa shape index (κ2) is 6.64. The fourth-order valence-corrected chi connectivity index (χ4v) is 2.36. The van der Waals surface area contributed by atoms with Crippen LogP contribution in [-0.2, 0) is 6.61 Å². The SMILES string of the molecule is Clc1ccc(OCc2cccc(C3=NCCCN3)c2)cc1. The highest BCUT2D eigenvalue weighted by molar-refractivity contribution is 6.30. The van der Waals surface area contributed by atoms with Gasteiger partial charge in [0.15, 0.2) is 0 Å². The van der Waals surface area contributed by atoms with Gasteiger partial charge in [-0.05, 0) is 42.3 Å². The van der Waals surface area contributed by atoms with Gasteiger partial charge in [0.25, 0.3) is 0 Å². The van der Waals surface area contributed by atoms with Crippen molar-refractivity contribution in [3.63, 3.8) is 0 Å². The molecule has 3 nitrogen and oxygen atoms in total. The Morgan fingerprint density at radius 3 is 2.76 bits per heavy atom. The normalized spacial score (nSPS) is 14.2. The first-order valence-electron chi connectivity index (χ1n) is 7.07. The molecule has 0 fully saturated rings. The first kappa shape index (κ1) is 14.0. The number of ether oxygens (including phenoxy) is 1. The average molecular weight is 301 g/mol. The molecule has 21 heavy (non-hydrogen) atoms. The predicted octanol–water partition coefficient (Wildman–Crippen LogP) is 3.66. The molecule has 0 aliphatic carbocycles. The lowest BCUT2D eigenvalue weighted by Gasteiger charge is -2.15. The quantitative estimate of drug-likeness (QED) is 0.935. The van der Waals surface area contributed by atoms with Crippen molar-refractivity contribution in [1.82, 2.24) is 5.32 Å². The molecule has 0 spiro atoms. The standard InChI is InChI=1S/C17H17ClN2O/c18-15-5-7-16(8-6-15)21-12-13-3-1-4-14(11-13)17-19-9-2-10-20-17/h1,3-8,11H,2,9-10,12H2,(H,19,20). The van der Waals surface area contributed by atoms with Gasteiger partial charge in [0.05, 0.1) is 0 Å². The highest BCUT2D eigenvalue weighted by atomic mass is 35.5. The van der Waals surface area contributed by atoms with Crippen molar-refractivity contribution in [2.45, 2.75) is 13.0 Å². The number of aliphatic imine (C=N–C) groups is 1. The van der Waals surface area contributed by atoms with Crippen LogP contribution in [0.2, 0.25) is 5.02 Å². The van der Waals surface area contributed by atoms with Crippen molar-refractivity contribution >= 4 is 17.4 Å². The maximum absolute atomic E-state index is 5.86. The van der Waals surface area contributed by atoms with Crippen molar-refractivity contribution in [2.24, 2.45) is 4.99 Å². The van der Waals surface area contributed by atoms with Gasteiger partial charge >= 0.3 is 0 Å². The molecule has 108 valence electrons. The zero-order valence-electron chi connectivity index (χ0n) is 11.7. The van der Waals surface area contributed by atoms with Gasteiger partial charge in [0.1, 0.15) is 18.2 Å². The van der Waals surface area contributed by atoms with Crippen LogP contribution >= 0.6 is 11.6 Å². The zero-order chi connectivity index (χ0) is 14.5. The van der Waals surface area contributed by atoms with Crippen molar-refractivity contribution in [2.75, 3.05) is 13.1 Å². The molecule has 0 bridgehead atoms. The van der Waals surface area contributed by atoms with Crippen LogP contribution in [0.3, 0.4) is 0 Å². The molecule has 1 aliphatic rings. The van der Waals surface area contributed by atoms with E-state index in [1.54, 1.807) is 0 Å². The van der Waals surface area contributed by atoms with Crippen molar-refractivity contribution in [3.05, 3.63) is 64.7 Å². The fraction of sp³-hybridized carbons (Fsp3) is 0.235. The number of nitrogens with one attached hydrogen (secondary N) is 1. The number of nitrogens with zero attached hydrogens (tertiary/aromatic N) is 1. The van der Waals surface area contributed by atoms with E-state index >= 15 is 0 Å². The molecule has 3 rings (SSSR count). The number of halogens is 1. The van der Waals surface area contributed by atoms with E-state index in [2.05, 4.69) is 28.5 Å². The van der Waals surface area contributed by atoms with Crippen molar-refractivity contribution < 1.29 is 4.74 Å². The molecule has 0 atom stereocenters. The summed E-state index contributed by atoms with van der Waals surface area (Å²) in [5, 5.41) is 4.05. The summed E-state index contributed by atoms with van der Waals surface area (Å²) in [6, 6.07) is 15.7. The van der Waals surface area contributed by atoms with Crippen LogP contribution in [0.25, 0.3) is 0 Å². The van der Waals surface area contributed by atoms with Crippen molar-refractivity contribution in [1.29, 1.82) is 0 Å². The number of hydrogen-bond donors (Lipinski definition) is 1. The molecule has 0 saturated carbocycles. The molecule has 2 aromatic rings. The summed E-state index contributed by atoms with van der Waals surface area (Å²) in [6.45, 7) is 2.42. The molecule has 1 heterocycles. The van der Waals surface area contributed by atoms with E-state index in [1.807, 2.05) is 30.3 Å². The van der Waals surface area contributed by atoms with E-state index in [0.717, 1.165) is 42.2 Å². The summed E-state index contributed by atoms with van der Waals surface area (Å²) < 4.78 is 5.77. The van der Waals surface area contributed by atoms with Gasteiger partial charge in [-0.3, -0.25) is 4.99 Å². The molecule has 4 heteroatoms. The van der Waals surface area contributed by atoms with Gasteiger partial charge in [0.2, 0.25) is 0 Å². The third-order valence-corrected chi connectivity index (χ3v) is 3.57. The van der Waals surface area contributed by atoms with Crippen molar-refractivity contribution in [3.8, 4) is 5.75 Å². The maximum Gasteiger partial charge on any atom is 0.128 e. The topological polar surface area (TPSA) is 33.6 Å². The van der Waals surface area contributed by atoms with Crippen LogP contribution in [0.4, 0.5) is 0 Å². The largest absolute Gasteiger partial charge is 0.489 e. The lowest BCUT2D eigenvalue weighted by atomic mass is 10.1. The molecule has 1 N–H and O–H groups in total. The Kier molecular flexibility index (Phi) is 4.41. The van der Waals surface area contributed by atoms with Gasteiger partial charge in [0, 0.05) is 23.7 Å². The molecule has 0 saturated heterocycles. The van der Waals surface area contributed by atoms with E-state index in [-0.39, 0.29) is 0 Å². The Hall–Kier alpha value is -2.00. The Bertz CT molecular complexity index is 637. The third kappa shape index (κ3) is 3.76. The monoisotopic (exact) mass is 300 g/mol. The summed E-state index contributed by atoms with van der Waals surface area (Å²) >= 11 is 5.86. The highest BCUT2D eigenvalue weighted by Gasteiger charge is 2.07. The summed E-state index contributed by atoms with van der Waals surface area (Å²) in [5.41, 5.74) is 2.24. The second-order valence-corrected chi connectivity index (χ2v) is 5.39. The van der Waals surface area contributed by atoms with E-state index in [9.17, 15) is 0 Å². The first-order chi connectivity index (χ1) is 10.3. The predicted molar refractivity (Wildman–Crippen MR) is 86.2 cm³/mol. The fourth-order valence-electron chi connectivity index (χ4n) is 2.23. The van der Waals surface area contributed by atoms with Gasteiger partial charge in [-0.1, -0.05) is 29.8 Å². The zero-order valence-corrected chi connectivity index (χ0v) is 12.4. The van der Waals surface area contributed by atoms with Crippen LogP contribution < -0.4 is 10.1 Å². The Labute approximate surface area is 129 Å². The Balaban J connectivity index is 1.68. The minimum absolute atomic E-state index is 0.531. The van der Waals surface area contributed by atoms with Crippen LogP contribution in [0, 0.1) is 0 Å². The lowest BCUT2D eigenvalue weighted by molar-refractivity contribution is 0.306. The maximum atomic E-state index is 5.86. The van der Waals surface area contributed by atoms with E-state index < -0.39 is 0 Å². The highest BCUT2D eigenvalue weighted by Crippen LogP contribution is 2.17. The second-order valence-electron chi connectivity index (χ2n) is 4.95.